The van der Waals surface area contributed by atoms with Crippen LogP contribution in [0.5, 0.6) is 0 Å². The molecule has 0 bridgehead atoms. The fourth-order valence-corrected chi connectivity index (χ4v) is 3.80. The average molecular weight is 334 g/mol. The Hall–Kier alpha value is -0.260. The van der Waals surface area contributed by atoms with Crippen molar-refractivity contribution in [3.8, 4) is 0 Å². The molecular weight excluding hydrogens is 317 g/mol. The van der Waals surface area contributed by atoms with Gasteiger partial charge in [0.15, 0.2) is 0 Å². The molecule has 1 aliphatic rings. The third kappa shape index (κ3) is 2.40. The topological polar surface area (TPSA) is 20.1 Å². The average Bonchev–Trinajstić information content (AvgIpc) is 2.93. The molecule has 100 valence electrons. The van der Waals surface area contributed by atoms with Crippen LogP contribution in [-0.2, 0) is 16.5 Å². The highest BCUT2D eigenvalue weighted by Crippen LogP contribution is 2.47. The van der Waals surface area contributed by atoms with Crippen LogP contribution < -0.4 is 0 Å². The van der Waals surface area contributed by atoms with E-state index < -0.39 is 16.5 Å². The van der Waals surface area contributed by atoms with Crippen molar-refractivity contribution in [2.75, 3.05) is 6.54 Å². The number of hydrogen-bond donors (Lipinski definition) is 0. The summed E-state index contributed by atoms with van der Waals surface area (Å²) in [6, 6.07) is 4.89. The van der Waals surface area contributed by atoms with Crippen LogP contribution in [0.4, 0.5) is 4.39 Å². The number of halogens is 2. The van der Waals surface area contributed by atoms with Crippen LogP contribution in [0.2, 0.25) is 0 Å². The lowest BCUT2D eigenvalue weighted by Crippen LogP contribution is -2.30. The minimum Gasteiger partial charge on any atom is -0.242 e. The maximum Gasteiger partial charge on any atom is 0.128 e. The van der Waals surface area contributed by atoms with E-state index in [-0.39, 0.29) is 10.6 Å². The van der Waals surface area contributed by atoms with Crippen molar-refractivity contribution in [3.63, 3.8) is 0 Å². The highest BCUT2D eigenvalue weighted by Gasteiger charge is 2.55. The van der Waals surface area contributed by atoms with E-state index in [9.17, 15) is 8.60 Å². The van der Waals surface area contributed by atoms with Crippen molar-refractivity contribution in [1.29, 1.82) is 0 Å². The molecule has 5 heteroatoms. The van der Waals surface area contributed by atoms with E-state index in [2.05, 4.69) is 15.9 Å². The van der Waals surface area contributed by atoms with Crippen LogP contribution in [0.25, 0.3) is 0 Å². The van der Waals surface area contributed by atoms with E-state index in [0.29, 0.717) is 12.1 Å². The summed E-state index contributed by atoms with van der Waals surface area (Å²) in [4.78, 5) is 0. The zero-order valence-electron chi connectivity index (χ0n) is 11.0. The van der Waals surface area contributed by atoms with Gasteiger partial charge in [-0.2, -0.15) is 0 Å². The summed E-state index contributed by atoms with van der Waals surface area (Å²) in [7, 11) is -1.11. The molecule has 1 unspecified atom stereocenters. The van der Waals surface area contributed by atoms with Gasteiger partial charge in [0.05, 0.1) is 10.3 Å². The lowest BCUT2D eigenvalue weighted by Gasteiger charge is -2.21. The first-order valence-electron chi connectivity index (χ1n) is 5.81. The summed E-state index contributed by atoms with van der Waals surface area (Å²) < 4.78 is 28.6. The first kappa shape index (κ1) is 14.2. The van der Waals surface area contributed by atoms with Crippen molar-refractivity contribution < 1.29 is 8.60 Å². The number of rotatable bonds is 2. The lowest BCUT2D eigenvalue weighted by atomic mass is 10.0. The highest BCUT2D eigenvalue weighted by molar-refractivity contribution is 9.10. The molecule has 1 aromatic carbocycles. The quantitative estimate of drug-likeness (QED) is 0.757. The SMILES string of the molecule is CC(C)(C)[S@](=O)N1C[C@@]1(C)c1cc(Br)ccc1F. The second kappa shape index (κ2) is 4.39. The summed E-state index contributed by atoms with van der Waals surface area (Å²) >= 11 is 3.35. The normalized spacial score (nSPS) is 29.1. The van der Waals surface area contributed by atoms with Gasteiger partial charge in [0, 0.05) is 16.6 Å². The summed E-state index contributed by atoms with van der Waals surface area (Å²) in [6.45, 7) is 8.35. The molecule has 18 heavy (non-hydrogen) atoms. The lowest BCUT2D eigenvalue weighted by molar-refractivity contribution is 0.529. The van der Waals surface area contributed by atoms with Crippen LogP contribution >= 0.6 is 15.9 Å². The molecule has 2 rings (SSSR count). The van der Waals surface area contributed by atoms with Gasteiger partial charge < -0.3 is 0 Å². The van der Waals surface area contributed by atoms with Crippen molar-refractivity contribution >= 4 is 26.9 Å². The fourth-order valence-electron chi connectivity index (χ4n) is 1.95. The molecule has 0 saturated carbocycles. The van der Waals surface area contributed by atoms with E-state index in [1.54, 1.807) is 12.1 Å². The molecule has 0 amide bonds. The van der Waals surface area contributed by atoms with Gasteiger partial charge in [0.25, 0.3) is 0 Å². The molecule has 0 aromatic heterocycles. The van der Waals surface area contributed by atoms with Crippen molar-refractivity contribution in [3.05, 3.63) is 34.1 Å². The van der Waals surface area contributed by atoms with E-state index in [1.165, 1.54) is 6.07 Å². The zero-order chi connectivity index (χ0) is 13.7. The highest BCUT2D eigenvalue weighted by atomic mass is 79.9. The van der Waals surface area contributed by atoms with Gasteiger partial charge in [-0.25, -0.2) is 12.9 Å². The molecule has 0 spiro atoms. The molecule has 1 aliphatic heterocycles. The van der Waals surface area contributed by atoms with Crippen molar-refractivity contribution in [2.45, 2.75) is 38.0 Å². The second-order valence-corrected chi connectivity index (χ2v) is 8.88. The van der Waals surface area contributed by atoms with Gasteiger partial charge in [-0.3, -0.25) is 0 Å². The van der Waals surface area contributed by atoms with Gasteiger partial charge in [-0.05, 0) is 45.9 Å². The van der Waals surface area contributed by atoms with Gasteiger partial charge in [-0.15, -0.1) is 0 Å². The molecule has 3 atom stereocenters. The van der Waals surface area contributed by atoms with Gasteiger partial charge in [0.2, 0.25) is 0 Å². The van der Waals surface area contributed by atoms with Crippen LogP contribution in [0.1, 0.15) is 33.3 Å². The van der Waals surface area contributed by atoms with Crippen LogP contribution in [-0.4, -0.2) is 19.8 Å². The first-order valence-corrected chi connectivity index (χ1v) is 7.71. The molecule has 1 heterocycles. The molecule has 1 aromatic rings. The number of nitrogens with zero attached hydrogens (tertiary/aromatic N) is 1. The van der Waals surface area contributed by atoms with Crippen LogP contribution in [0, 0.1) is 5.82 Å². The summed E-state index contributed by atoms with van der Waals surface area (Å²) in [5.74, 6) is -0.242. The minimum absolute atomic E-state index is 0.242. The molecule has 0 aliphatic carbocycles. The molecule has 1 fully saturated rings. The van der Waals surface area contributed by atoms with Crippen LogP contribution in [0.3, 0.4) is 0 Å². The smallest absolute Gasteiger partial charge is 0.128 e. The van der Waals surface area contributed by atoms with E-state index in [0.717, 1.165) is 4.47 Å². The van der Waals surface area contributed by atoms with Gasteiger partial charge >= 0.3 is 0 Å². The molecule has 2 nitrogen and oxygen atoms in total. The van der Waals surface area contributed by atoms with Crippen LogP contribution in [0.15, 0.2) is 22.7 Å². The molecule has 0 radical (unpaired) electrons. The predicted octanol–water partition coefficient (Wildman–Crippen LogP) is 3.58. The van der Waals surface area contributed by atoms with Crippen molar-refractivity contribution in [1.82, 2.24) is 4.31 Å². The number of benzene rings is 1. The maximum atomic E-state index is 13.9. The third-order valence-electron chi connectivity index (χ3n) is 3.13. The van der Waals surface area contributed by atoms with Gasteiger partial charge in [0.1, 0.15) is 16.8 Å². The molecule has 0 N–H and O–H groups in total. The van der Waals surface area contributed by atoms with Crippen molar-refractivity contribution in [2.24, 2.45) is 0 Å². The van der Waals surface area contributed by atoms with E-state index >= 15 is 0 Å². The first-order chi connectivity index (χ1) is 8.16. The summed E-state index contributed by atoms with van der Waals surface area (Å²) in [6.07, 6.45) is 0. The summed E-state index contributed by atoms with van der Waals surface area (Å²) in [5.41, 5.74) is 0.154. The predicted molar refractivity (Wildman–Crippen MR) is 76.1 cm³/mol. The fraction of sp³-hybridized carbons (Fsp3) is 0.538. The Balaban J connectivity index is 2.31. The van der Waals surface area contributed by atoms with E-state index in [4.69, 9.17) is 0 Å². The Morgan fingerprint density at radius 2 is 2.06 bits per heavy atom. The Morgan fingerprint density at radius 3 is 2.61 bits per heavy atom. The third-order valence-corrected chi connectivity index (χ3v) is 5.60. The summed E-state index contributed by atoms with van der Waals surface area (Å²) in [5, 5.41) is 0. The molecule has 1 saturated heterocycles. The second-order valence-electron chi connectivity index (χ2n) is 5.80. The number of hydrogen-bond acceptors (Lipinski definition) is 1. The maximum absolute atomic E-state index is 13.9. The zero-order valence-corrected chi connectivity index (χ0v) is 13.4. The minimum atomic E-state index is -1.11. The molecular formula is C13H17BrFNOS. The standard InChI is InChI=1S/C13H17BrFNOS/c1-12(2,3)18(17)16-8-13(16,4)10-7-9(14)5-6-11(10)15/h5-7H,8H2,1-4H3/t13-,16?,18-/m0/s1. The Kier molecular flexibility index (Phi) is 3.45. The largest absolute Gasteiger partial charge is 0.242 e. The van der Waals surface area contributed by atoms with E-state index in [1.807, 2.05) is 32.0 Å². The van der Waals surface area contributed by atoms with Gasteiger partial charge in [-0.1, -0.05) is 15.9 Å². The monoisotopic (exact) mass is 333 g/mol. The Labute approximate surface area is 118 Å². The Morgan fingerprint density at radius 1 is 1.44 bits per heavy atom. The Bertz CT molecular complexity index is 514.